The number of halogens is 1. The summed E-state index contributed by atoms with van der Waals surface area (Å²) in [6.45, 7) is 4.62. The van der Waals surface area contributed by atoms with Crippen LogP contribution in [-0.2, 0) is 0 Å². The van der Waals surface area contributed by atoms with E-state index in [1.165, 1.54) is 31.7 Å². The van der Waals surface area contributed by atoms with Gasteiger partial charge in [0, 0.05) is 17.7 Å². The topological polar surface area (TPSA) is 35.2 Å². The van der Waals surface area contributed by atoms with Crippen LogP contribution in [0.4, 0.5) is 4.39 Å². The van der Waals surface area contributed by atoms with E-state index in [9.17, 15) is 4.39 Å². The fraction of sp³-hybridized carbons (Fsp3) is 0.600. The van der Waals surface area contributed by atoms with Crippen molar-refractivity contribution in [3.8, 4) is 5.75 Å². The second-order valence-corrected chi connectivity index (χ2v) is 4.73. The van der Waals surface area contributed by atoms with E-state index < -0.39 is 0 Å². The molecule has 0 radical (unpaired) electrons. The third kappa shape index (κ3) is 5.05. The fourth-order valence-electron chi connectivity index (χ4n) is 1.86. The zero-order valence-corrected chi connectivity index (χ0v) is 11.4. The van der Waals surface area contributed by atoms with Crippen molar-refractivity contribution in [1.29, 1.82) is 0 Å². The summed E-state index contributed by atoms with van der Waals surface area (Å²) in [6.07, 6.45) is 5.96. The van der Waals surface area contributed by atoms with Gasteiger partial charge in [-0.1, -0.05) is 38.7 Å². The molecule has 0 amide bonds. The maximum atomic E-state index is 13.6. The van der Waals surface area contributed by atoms with Gasteiger partial charge in [0.25, 0.3) is 0 Å². The number of benzene rings is 1. The summed E-state index contributed by atoms with van der Waals surface area (Å²) in [7, 11) is 0. The lowest BCUT2D eigenvalue weighted by Crippen LogP contribution is -2.07. The Kier molecular flexibility index (Phi) is 6.73. The maximum absolute atomic E-state index is 13.6. The molecule has 0 aliphatic rings. The molecule has 0 aromatic heterocycles. The summed E-state index contributed by atoms with van der Waals surface area (Å²) < 4.78 is 19.1. The average molecular weight is 253 g/mol. The Labute approximate surface area is 109 Å². The van der Waals surface area contributed by atoms with Gasteiger partial charge in [-0.2, -0.15) is 0 Å². The summed E-state index contributed by atoms with van der Waals surface area (Å²) in [5.74, 6) is 0.306. The van der Waals surface area contributed by atoms with Crippen molar-refractivity contribution in [3.63, 3.8) is 0 Å². The quantitative estimate of drug-likeness (QED) is 0.705. The van der Waals surface area contributed by atoms with Gasteiger partial charge < -0.3 is 10.5 Å². The van der Waals surface area contributed by atoms with Crippen molar-refractivity contribution in [2.45, 2.75) is 52.0 Å². The zero-order valence-electron chi connectivity index (χ0n) is 11.4. The molecule has 1 aromatic rings. The van der Waals surface area contributed by atoms with Gasteiger partial charge >= 0.3 is 0 Å². The highest BCUT2D eigenvalue weighted by Crippen LogP contribution is 2.20. The van der Waals surface area contributed by atoms with Crippen molar-refractivity contribution < 1.29 is 9.13 Å². The van der Waals surface area contributed by atoms with E-state index >= 15 is 0 Å². The van der Waals surface area contributed by atoms with Crippen LogP contribution in [0.1, 0.15) is 57.6 Å². The number of ether oxygens (including phenoxy) is 1. The number of unbranched alkanes of at least 4 members (excludes halogenated alkanes) is 4. The van der Waals surface area contributed by atoms with E-state index in [4.69, 9.17) is 10.5 Å². The van der Waals surface area contributed by atoms with E-state index in [-0.39, 0.29) is 11.9 Å². The van der Waals surface area contributed by atoms with Gasteiger partial charge in [-0.25, -0.2) is 4.39 Å². The lowest BCUT2D eigenvalue weighted by Gasteiger charge is -2.10. The van der Waals surface area contributed by atoms with Gasteiger partial charge in [-0.05, 0) is 19.4 Å². The molecule has 0 fully saturated rings. The molecule has 102 valence electrons. The SMILES string of the molecule is CCCCCCCOc1ccc(C(C)N)c(F)c1. The first-order valence-electron chi connectivity index (χ1n) is 6.83. The number of hydrogen-bond donors (Lipinski definition) is 1. The van der Waals surface area contributed by atoms with Crippen LogP contribution >= 0.6 is 0 Å². The first kappa shape index (κ1) is 15.0. The standard InChI is InChI=1S/C15H24FNO/c1-3-4-5-6-7-10-18-13-8-9-14(12(2)17)15(16)11-13/h8-9,11-12H,3-7,10,17H2,1-2H3. The van der Waals surface area contributed by atoms with Gasteiger partial charge in [-0.3, -0.25) is 0 Å². The van der Waals surface area contributed by atoms with Crippen molar-refractivity contribution in [1.82, 2.24) is 0 Å². The van der Waals surface area contributed by atoms with E-state index in [0.29, 0.717) is 17.9 Å². The Hall–Kier alpha value is -1.09. The first-order valence-corrected chi connectivity index (χ1v) is 6.83. The van der Waals surface area contributed by atoms with Crippen molar-refractivity contribution >= 4 is 0 Å². The van der Waals surface area contributed by atoms with E-state index in [1.54, 1.807) is 19.1 Å². The monoisotopic (exact) mass is 253 g/mol. The Morgan fingerprint density at radius 2 is 1.94 bits per heavy atom. The Morgan fingerprint density at radius 1 is 1.22 bits per heavy atom. The second kappa shape index (κ2) is 8.09. The van der Waals surface area contributed by atoms with Crippen LogP contribution in [0.2, 0.25) is 0 Å². The fourth-order valence-corrected chi connectivity index (χ4v) is 1.86. The molecule has 0 heterocycles. The summed E-state index contributed by atoms with van der Waals surface area (Å²) in [6, 6.07) is 4.62. The van der Waals surface area contributed by atoms with Crippen LogP contribution in [0.25, 0.3) is 0 Å². The molecular weight excluding hydrogens is 229 g/mol. The van der Waals surface area contributed by atoms with Crippen molar-refractivity contribution in [2.24, 2.45) is 5.73 Å². The van der Waals surface area contributed by atoms with E-state index in [0.717, 1.165) is 6.42 Å². The molecule has 0 saturated heterocycles. The maximum Gasteiger partial charge on any atom is 0.131 e. The van der Waals surface area contributed by atoms with Gasteiger partial charge in [0.2, 0.25) is 0 Å². The molecule has 0 spiro atoms. The summed E-state index contributed by atoms with van der Waals surface area (Å²) in [4.78, 5) is 0. The lowest BCUT2D eigenvalue weighted by molar-refractivity contribution is 0.303. The van der Waals surface area contributed by atoms with Crippen molar-refractivity contribution in [3.05, 3.63) is 29.6 Å². The Bertz CT molecular complexity index is 352. The second-order valence-electron chi connectivity index (χ2n) is 4.73. The summed E-state index contributed by atoms with van der Waals surface area (Å²) >= 11 is 0. The number of rotatable bonds is 8. The summed E-state index contributed by atoms with van der Waals surface area (Å²) in [5.41, 5.74) is 6.18. The van der Waals surface area contributed by atoms with Gasteiger partial charge in [0.15, 0.2) is 0 Å². The Balaban J connectivity index is 2.33. The molecule has 2 N–H and O–H groups in total. The highest BCUT2D eigenvalue weighted by Gasteiger charge is 2.07. The normalized spacial score (nSPS) is 12.4. The minimum absolute atomic E-state index is 0.284. The van der Waals surface area contributed by atoms with Crippen LogP contribution in [0.3, 0.4) is 0 Å². The average Bonchev–Trinajstić information content (AvgIpc) is 2.33. The highest BCUT2D eigenvalue weighted by molar-refractivity contribution is 5.30. The molecule has 0 saturated carbocycles. The lowest BCUT2D eigenvalue weighted by atomic mass is 10.1. The van der Waals surface area contributed by atoms with E-state index in [1.807, 2.05) is 0 Å². The van der Waals surface area contributed by atoms with Crippen LogP contribution in [0.15, 0.2) is 18.2 Å². The van der Waals surface area contributed by atoms with E-state index in [2.05, 4.69) is 6.92 Å². The predicted octanol–water partition coefficient (Wildman–Crippen LogP) is 4.19. The van der Waals surface area contributed by atoms with Crippen LogP contribution < -0.4 is 10.5 Å². The predicted molar refractivity (Wildman–Crippen MR) is 73.3 cm³/mol. The molecule has 2 nitrogen and oxygen atoms in total. The van der Waals surface area contributed by atoms with Gasteiger partial charge in [-0.15, -0.1) is 0 Å². The third-order valence-corrected chi connectivity index (χ3v) is 2.98. The molecule has 3 heteroatoms. The van der Waals surface area contributed by atoms with Gasteiger partial charge in [0.05, 0.1) is 6.61 Å². The highest BCUT2D eigenvalue weighted by atomic mass is 19.1. The first-order chi connectivity index (χ1) is 8.65. The van der Waals surface area contributed by atoms with Gasteiger partial charge in [0.1, 0.15) is 11.6 Å². The van der Waals surface area contributed by atoms with Crippen molar-refractivity contribution in [2.75, 3.05) is 6.61 Å². The number of hydrogen-bond acceptors (Lipinski definition) is 2. The molecule has 1 unspecified atom stereocenters. The minimum Gasteiger partial charge on any atom is -0.493 e. The molecule has 1 rings (SSSR count). The molecule has 0 aliphatic heterocycles. The molecule has 0 bridgehead atoms. The van der Waals surface area contributed by atoms with Crippen LogP contribution in [0, 0.1) is 5.82 Å². The number of nitrogens with two attached hydrogens (primary N) is 1. The zero-order chi connectivity index (χ0) is 13.4. The molecule has 1 atom stereocenters. The summed E-state index contributed by atoms with van der Waals surface area (Å²) in [5, 5.41) is 0. The molecule has 1 aromatic carbocycles. The van der Waals surface area contributed by atoms with Crippen LogP contribution in [0.5, 0.6) is 5.75 Å². The third-order valence-electron chi connectivity index (χ3n) is 2.98. The molecule has 0 aliphatic carbocycles. The largest absolute Gasteiger partial charge is 0.493 e. The Morgan fingerprint density at radius 3 is 2.56 bits per heavy atom. The molecular formula is C15H24FNO. The molecule has 18 heavy (non-hydrogen) atoms. The smallest absolute Gasteiger partial charge is 0.131 e. The van der Waals surface area contributed by atoms with Crippen LogP contribution in [-0.4, -0.2) is 6.61 Å². The minimum atomic E-state index is -0.284.